The fourth-order valence-electron chi connectivity index (χ4n) is 2.69. The van der Waals surface area contributed by atoms with Gasteiger partial charge in [-0.05, 0) is 31.0 Å². The summed E-state index contributed by atoms with van der Waals surface area (Å²) in [5.74, 6) is 0.164. The third kappa shape index (κ3) is 8.19. The van der Waals surface area contributed by atoms with Crippen molar-refractivity contribution < 1.29 is 27.4 Å². The Bertz CT molecular complexity index is 719. The predicted molar refractivity (Wildman–Crippen MR) is 107 cm³/mol. The van der Waals surface area contributed by atoms with Crippen LogP contribution in [-0.4, -0.2) is 69.4 Å². The smallest absolute Gasteiger partial charge is 0.379 e. The Labute approximate surface area is 174 Å². The van der Waals surface area contributed by atoms with Crippen molar-refractivity contribution >= 4 is 11.9 Å². The summed E-state index contributed by atoms with van der Waals surface area (Å²) in [4.78, 5) is 17.7. The van der Waals surface area contributed by atoms with Crippen LogP contribution < -0.4 is 10.6 Å². The van der Waals surface area contributed by atoms with Gasteiger partial charge in [0.25, 0.3) is 0 Å². The normalized spacial score (nSPS) is 18.2. The molecule has 0 radical (unpaired) electrons. The van der Waals surface area contributed by atoms with Crippen LogP contribution in [0.25, 0.3) is 0 Å². The highest BCUT2D eigenvalue weighted by Gasteiger charge is 2.30. The molecule has 1 heterocycles. The lowest BCUT2D eigenvalue weighted by atomic mass is 10.1. The number of guanidine groups is 1. The van der Waals surface area contributed by atoms with Gasteiger partial charge >= 0.3 is 6.18 Å². The summed E-state index contributed by atoms with van der Waals surface area (Å²) in [6.45, 7) is 3.58. The first-order chi connectivity index (χ1) is 14.1. The number of nitrogens with one attached hydrogen (secondary N) is 2. The van der Waals surface area contributed by atoms with Gasteiger partial charge in [-0.1, -0.05) is 12.1 Å². The number of aliphatic imine (C=N–C) groups is 1. The summed E-state index contributed by atoms with van der Waals surface area (Å²) in [6.07, 6.45) is -3.51. The molecule has 0 spiro atoms. The zero-order chi connectivity index (χ0) is 22.1. The molecule has 1 amide bonds. The largest absolute Gasteiger partial charge is 0.416 e. The second kappa shape index (κ2) is 11.2. The van der Waals surface area contributed by atoms with Crippen LogP contribution in [0.2, 0.25) is 0 Å². The Morgan fingerprint density at radius 2 is 2.17 bits per heavy atom. The molecule has 1 aliphatic heterocycles. The SMILES string of the molecule is CC(COC1CCOC1)NC(=NCc1cccc(C(F)(F)F)c1)NCC(=O)N(C)C. The number of alkyl halides is 3. The quantitative estimate of drug-likeness (QED) is 0.488. The van der Waals surface area contributed by atoms with Gasteiger partial charge in [0.15, 0.2) is 5.96 Å². The molecule has 1 aliphatic rings. The van der Waals surface area contributed by atoms with Crippen molar-refractivity contribution in [3.05, 3.63) is 35.4 Å². The van der Waals surface area contributed by atoms with Gasteiger partial charge in [0, 0.05) is 26.7 Å². The first-order valence-corrected chi connectivity index (χ1v) is 9.75. The van der Waals surface area contributed by atoms with Crippen LogP contribution in [0, 0.1) is 0 Å². The lowest BCUT2D eigenvalue weighted by Gasteiger charge is -2.20. The third-order valence-corrected chi connectivity index (χ3v) is 4.43. The molecule has 0 saturated carbocycles. The monoisotopic (exact) mass is 430 g/mol. The zero-order valence-corrected chi connectivity index (χ0v) is 17.5. The van der Waals surface area contributed by atoms with Gasteiger partial charge in [-0.15, -0.1) is 0 Å². The average molecular weight is 430 g/mol. The highest BCUT2D eigenvalue weighted by Crippen LogP contribution is 2.29. The molecule has 1 aromatic carbocycles. The van der Waals surface area contributed by atoms with E-state index in [9.17, 15) is 18.0 Å². The fourth-order valence-corrected chi connectivity index (χ4v) is 2.69. The van der Waals surface area contributed by atoms with Crippen LogP contribution in [0.4, 0.5) is 13.2 Å². The summed E-state index contributed by atoms with van der Waals surface area (Å²) < 4.78 is 49.8. The number of nitrogens with zero attached hydrogens (tertiary/aromatic N) is 2. The number of ether oxygens (including phenoxy) is 2. The first-order valence-electron chi connectivity index (χ1n) is 9.75. The number of amides is 1. The minimum absolute atomic E-state index is 0.00542. The summed E-state index contributed by atoms with van der Waals surface area (Å²) in [7, 11) is 3.27. The van der Waals surface area contributed by atoms with Crippen LogP contribution in [0.3, 0.4) is 0 Å². The maximum absolute atomic E-state index is 12.9. The molecule has 2 N–H and O–H groups in total. The molecule has 0 bridgehead atoms. The second-order valence-corrected chi connectivity index (χ2v) is 7.37. The van der Waals surface area contributed by atoms with Gasteiger partial charge in [0.2, 0.25) is 5.91 Å². The highest BCUT2D eigenvalue weighted by atomic mass is 19.4. The van der Waals surface area contributed by atoms with Crippen molar-refractivity contribution in [1.29, 1.82) is 0 Å². The molecule has 30 heavy (non-hydrogen) atoms. The number of carbonyl (C=O) groups is 1. The zero-order valence-electron chi connectivity index (χ0n) is 17.5. The molecular weight excluding hydrogens is 401 g/mol. The Balaban J connectivity index is 2.01. The maximum atomic E-state index is 12.9. The van der Waals surface area contributed by atoms with Crippen molar-refractivity contribution in [2.45, 2.75) is 38.2 Å². The van der Waals surface area contributed by atoms with Crippen LogP contribution in [0.5, 0.6) is 0 Å². The van der Waals surface area contributed by atoms with Crippen LogP contribution in [0.15, 0.2) is 29.3 Å². The molecule has 2 atom stereocenters. The van der Waals surface area contributed by atoms with E-state index in [-0.39, 0.29) is 31.1 Å². The van der Waals surface area contributed by atoms with Gasteiger partial charge in [-0.25, -0.2) is 4.99 Å². The summed E-state index contributed by atoms with van der Waals surface area (Å²) in [5, 5.41) is 6.05. The second-order valence-electron chi connectivity index (χ2n) is 7.37. The Morgan fingerprint density at radius 1 is 1.40 bits per heavy atom. The van der Waals surface area contributed by atoms with E-state index in [2.05, 4.69) is 15.6 Å². The van der Waals surface area contributed by atoms with E-state index in [1.165, 1.54) is 11.0 Å². The third-order valence-electron chi connectivity index (χ3n) is 4.43. The van der Waals surface area contributed by atoms with E-state index >= 15 is 0 Å². The molecule has 10 heteroatoms. The lowest BCUT2D eigenvalue weighted by Crippen LogP contribution is -2.47. The molecule has 2 rings (SSSR count). The number of likely N-dealkylation sites (N-methyl/N-ethyl adjacent to an activating group) is 1. The highest BCUT2D eigenvalue weighted by molar-refractivity contribution is 5.86. The Kier molecular flexibility index (Phi) is 8.91. The minimum atomic E-state index is -4.41. The minimum Gasteiger partial charge on any atom is -0.379 e. The van der Waals surface area contributed by atoms with Crippen LogP contribution >= 0.6 is 0 Å². The van der Waals surface area contributed by atoms with E-state index in [1.54, 1.807) is 20.2 Å². The van der Waals surface area contributed by atoms with Gasteiger partial charge in [-0.2, -0.15) is 13.2 Å². The Hall–Kier alpha value is -2.33. The van der Waals surface area contributed by atoms with Gasteiger partial charge in [-0.3, -0.25) is 4.79 Å². The number of hydrogen-bond donors (Lipinski definition) is 2. The summed E-state index contributed by atoms with van der Waals surface area (Å²) in [5.41, 5.74) is -0.308. The standard InChI is InChI=1S/C20H29F3N4O3/c1-14(12-30-17-7-8-29-13-17)26-19(25-11-18(28)27(2)3)24-10-15-5-4-6-16(9-15)20(21,22)23/h4-6,9,14,17H,7-8,10-13H2,1-3H3,(H2,24,25,26). The molecular formula is C20H29F3N4O3. The number of carbonyl (C=O) groups excluding carboxylic acids is 1. The number of rotatable bonds is 8. The van der Waals surface area contributed by atoms with Crippen molar-refractivity contribution in [3.63, 3.8) is 0 Å². The van der Waals surface area contributed by atoms with Gasteiger partial charge < -0.3 is 25.0 Å². The summed E-state index contributed by atoms with van der Waals surface area (Å²) >= 11 is 0. The first kappa shape index (κ1) is 23.9. The van der Waals surface area contributed by atoms with Gasteiger partial charge in [0.05, 0.1) is 38.0 Å². The molecule has 1 saturated heterocycles. The lowest BCUT2D eigenvalue weighted by molar-refractivity contribution is -0.137. The molecule has 1 fully saturated rings. The Morgan fingerprint density at radius 3 is 2.80 bits per heavy atom. The van der Waals surface area contributed by atoms with E-state index in [0.29, 0.717) is 31.3 Å². The molecule has 0 aromatic heterocycles. The van der Waals surface area contributed by atoms with E-state index < -0.39 is 11.7 Å². The van der Waals surface area contributed by atoms with Crippen LogP contribution in [-0.2, 0) is 27.0 Å². The molecule has 168 valence electrons. The van der Waals surface area contributed by atoms with E-state index in [1.807, 2.05) is 6.92 Å². The van der Waals surface area contributed by atoms with Crippen molar-refractivity contribution in [2.24, 2.45) is 4.99 Å². The maximum Gasteiger partial charge on any atom is 0.416 e. The number of benzene rings is 1. The number of halogens is 3. The fraction of sp³-hybridized carbons (Fsp3) is 0.600. The molecule has 7 nitrogen and oxygen atoms in total. The van der Waals surface area contributed by atoms with Crippen molar-refractivity contribution in [2.75, 3.05) is 40.5 Å². The molecule has 0 aliphatic carbocycles. The number of hydrogen-bond acceptors (Lipinski definition) is 4. The van der Waals surface area contributed by atoms with Crippen molar-refractivity contribution in [3.8, 4) is 0 Å². The topological polar surface area (TPSA) is 75.2 Å². The van der Waals surface area contributed by atoms with E-state index in [0.717, 1.165) is 18.6 Å². The predicted octanol–water partition coefficient (Wildman–Crippen LogP) is 2.02. The van der Waals surface area contributed by atoms with Crippen LogP contribution in [0.1, 0.15) is 24.5 Å². The molecule has 1 aromatic rings. The van der Waals surface area contributed by atoms with Gasteiger partial charge in [0.1, 0.15) is 0 Å². The van der Waals surface area contributed by atoms with Crippen molar-refractivity contribution in [1.82, 2.24) is 15.5 Å². The average Bonchev–Trinajstić information content (AvgIpc) is 3.21. The summed E-state index contributed by atoms with van der Waals surface area (Å²) in [6, 6.07) is 4.89. The van der Waals surface area contributed by atoms with E-state index in [4.69, 9.17) is 9.47 Å². The molecule has 2 unspecified atom stereocenters.